The maximum atomic E-state index is 4.16. The van der Waals surface area contributed by atoms with Gasteiger partial charge in [0.05, 0.1) is 11.7 Å². The lowest BCUT2D eigenvalue weighted by Crippen LogP contribution is -2.52. The Morgan fingerprint density at radius 1 is 0.697 bits per heavy atom. The highest BCUT2D eigenvalue weighted by molar-refractivity contribution is 5.81. The van der Waals surface area contributed by atoms with Gasteiger partial charge in [-0.2, -0.15) is 0 Å². The minimum absolute atomic E-state index is 0.0725. The summed E-state index contributed by atoms with van der Waals surface area (Å²) in [6.45, 7) is 15.2. The Hall–Kier alpha value is -5.56. The third kappa shape index (κ3) is 5.05. The second kappa shape index (κ2) is 13.8. The van der Waals surface area contributed by atoms with Crippen LogP contribution in [0.15, 0.2) is 191 Å². The molecular weight excluding hydrogens is 797 g/mol. The summed E-state index contributed by atoms with van der Waals surface area (Å²) >= 11 is 0. The summed E-state index contributed by atoms with van der Waals surface area (Å²) in [5, 5.41) is 0. The molecule has 14 rings (SSSR count). The zero-order valence-electron chi connectivity index (χ0n) is 39.8. The highest BCUT2D eigenvalue weighted by Crippen LogP contribution is 2.70. The van der Waals surface area contributed by atoms with Gasteiger partial charge in [0.15, 0.2) is 0 Å². The van der Waals surface area contributed by atoms with Crippen molar-refractivity contribution in [1.82, 2.24) is 9.80 Å². The molecule has 2 heteroatoms. The van der Waals surface area contributed by atoms with Gasteiger partial charge in [-0.05, 0) is 124 Å². The molecule has 330 valence electrons. The summed E-state index contributed by atoms with van der Waals surface area (Å²) in [5.41, 5.74) is 25.2. The third-order valence-electron chi connectivity index (χ3n) is 19.4. The second-order valence-corrected chi connectivity index (χ2v) is 23.3. The van der Waals surface area contributed by atoms with Crippen LogP contribution in [-0.2, 0) is 5.41 Å². The Kier molecular flexibility index (Phi) is 8.26. The zero-order valence-corrected chi connectivity index (χ0v) is 39.8. The highest BCUT2D eigenvalue weighted by atomic mass is 15.3. The topological polar surface area (TPSA) is 6.48 Å². The van der Waals surface area contributed by atoms with E-state index >= 15 is 0 Å². The third-order valence-corrected chi connectivity index (χ3v) is 19.4. The Balaban J connectivity index is 1.04. The zero-order chi connectivity index (χ0) is 44.4. The smallest absolute Gasteiger partial charge is 0.0804 e. The van der Waals surface area contributed by atoms with Crippen molar-refractivity contribution >= 4 is 0 Å². The van der Waals surface area contributed by atoms with Gasteiger partial charge in [-0.25, -0.2) is 0 Å². The lowest BCUT2D eigenvalue weighted by Gasteiger charge is -2.56. The fourth-order valence-electron chi connectivity index (χ4n) is 16.7. The van der Waals surface area contributed by atoms with Gasteiger partial charge in [0, 0.05) is 69.5 Å². The summed E-state index contributed by atoms with van der Waals surface area (Å²) in [5.74, 6) is 3.13. The van der Waals surface area contributed by atoms with E-state index in [-0.39, 0.29) is 46.1 Å². The molecule has 3 aromatic carbocycles. The summed E-state index contributed by atoms with van der Waals surface area (Å²) in [6, 6.07) is 27.2. The summed E-state index contributed by atoms with van der Waals surface area (Å²) < 4.78 is 0. The van der Waals surface area contributed by atoms with Crippen molar-refractivity contribution < 1.29 is 0 Å². The maximum absolute atomic E-state index is 4.16. The van der Waals surface area contributed by atoms with E-state index in [0.717, 1.165) is 25.7 Å². The quantitative estimate of drug-likeness (QED) is 0.191. The van der Waals surface area contributed by atoms with Crippen LogP contribution in [-0.4, -0.2) is 21.9 Å². The monoisotopic (exact) mass is 861 g/mol. The van der Waals surface area contributed by atoms with Crippen molar-refractivity contribution in [2.45, 2.75) is 109 Å². The van der Waals surface area contributed by atoms with E-state index in [0.29, 0.717) is 29.6 Å². The van der Waals surface area contributed by atoms with Crippen LogP contribution in [0, 0.1) is 46.3 Å². The molecule has 2 heterocycles. The molecule has 0 bridgehead atoms. The molecule has 0 spiro atoms. The molecule has 1 saturated carbocycles. The van der Waals surface area contributed by atoms with Crippen LogP contribution in [0.25, 0.3) is 11.1 Å². The lowest BCUT2D eigenvalue weighted by atomic mass is 9.55. The number of allylic oxidation sites excluding steroid dienone is 15. The molecule has 3 aromatic rings. The van der Waals surface area contributed by atoms with Crippen LogP contribution < -0.4 is 0 Å². The van der Waals surface area contributed by atoms with Crippen LogP contribution in [0.4, 0.5) is 0 Å². The van der Waals surface area contributed by atoms with Crippen LogP contribution in [0.2, 0.25) is 0 Å². The van der Waals surface area contributed by atoms with Crippen molar-refractivity contribution in [3.05, 3.63) is 219 Å². The number of benzene rings is 3. The van der Waals surface area contributed by atoms with E-state index in [1.165, 1.54) is 57.6 Å². The molecule has 2 aliphatic heterocycles. The van der Waals surface area contributed by atoms with Gasteiger partial charge in [-0.3, -0.25) is 0 Å². The first-order chi connectivity index (χ1) is 32.1. The second-order valence-electron chi connectivity index (χ2n) is 23.3. The van der Waals surface area contributed by atoms with Gasteiger partial charge in [0.25, 0.3) is 0 Å². The molecule has 10 unspecified atom stereocenters. The predicted octanol–water partition coefficient (Wildman–Crippen LogP) is 14.9. The SMILES string of the molecule is CC1(C)C2=C(CCC=C2)N(C2=CC=CCC2)C2=C1C1C3C=CC=CC3N(C3=C=CC4C(=C3)C(C)(C)C3C=CCCC43)C1C1c3ccccc3C(c3ccc4c(c3)C(C)(C)c3ccccc3-4)C21. The molecule has 0 radical (unpaired) electrons. The van der Waals surface area contributed by atoms with E-state index in [1.54, 1.807) is 33.7 Å². The van der Waals surface area contributed by atoms with Crippen LogP contribution in [0.3, 0.4) is 0 Å². The van der Waals surface area contributed by atoms with Gasteiger partial charge in [-0.1, -0.05) is 180 Å². The Morgan fingerprint density at radius 3 is 2.36 bits per heavy atom. The largest absolute Gasteiger partial charge is 0.354 e. The molecule has 2 fully saturated rings. The van der Waals surface area contributed by atoms with Crippen molar-refractivity contribution in [2.75, 3.05) is 0 Å². The highest BCUT2D eigenvalue weighted by Gasteiger charge is 2.65. The van der Waals surface area contributed by atoms with Crippen molar-refractivity contribution in [3.63, 3.8) is 0 Å². The molecule has 0 N–H and O–H groups in total. The molecule has 66 heavy (non-hydrogen) atoms. The van der Waals surface area contributed by atoms with E-state index in [9.17, 15) is 0 Å². The van der Waals surface area contributed by atoms with Crippen LogP contribution in [0.5, 0.6) is 0 Å². The van der Waals surface area contributed by atoms with Gasteiger partial charge in [0.2, 0.25) is 0 Å². The van der Waals surface area contributed by atoms with Crippen molar-refractivity contribution in [2.24, 2.45) is 46.3 Å². The number of hydrogen-bond donors (Lipinski definition) is 0. The Labute approximate surface area is 393 Å². The minimum atomic E-state index is -0.149. The number of rotatable bonds is 3. The standard InChI is InChI=1S/C64H64N2/c1-62(2)48-27-15-12-22-41(48)43-34-32-38(36-51(43)62)55-45-24-10-11-25-46(45)56-58(55)61-59(64(5,6)50-29-17-19-31-54(50)65(61)39-20-8-7-9-21-39)57-47-26-14-18-30-53(47)66(60(56)57)40-33-35-44-42-23-13-16-28-49(42)63(3,4)52(44)37-40/h7-8,10-12,14-18,20,22,24-30,32,34-37,42,44,47,49,53,55-58,60H,9,13,19,21,23,31H2,1-6H3. The summed E-state index contributed by atoms with van der Waals surface area (Å²) in [7, 11) is 0. The number of nitrogens with zero attached hydrogens (tertiary/aromatic N) is 2. The average molecular weight is 861 g/mol. The number of hydrogen-bond acceptors (Lipinski definition) is 2. The van der Waals surface area contributed by atoms with Gasteiger partial charge in [-0.15, -0.1) is 0 Å². The first-order valence-electron chi connectivity index (χ1n) is 25.7. The van der Waals surface area contributed by atoms with Gasteiger partial charge < -0.3 is 9.80 Å². The fourth-order valence-corrected chi connectivity index (χ4v) is 16.7. The van der Waals surface area contributed by atoms with Gasteiger partial charge in [0.1, 0.15) is 0 Å². The molecule has 1 saturated heterocycles. The predicted molar refractivity (Wildman–Crippen MR) is 270 cm³/mol. The molecule has 10 atom stereocenters. The Bertz CT molecular complexity index is 3020. The molecule has 2 nitrogen and oxygen atoms in total. The number of likely N-dealkylation sites (tertiary alicyclic amines) is 1. The molecule has 0 amide bonds. The average Bonchev–Trinajstić information content (AvgIpc) is 4.01. The molecule has 9 aliphatic carbocycles. The van der Waals surface area contributed by atoms with E-state index in [4.69, 9.17) is 0 Å². The van der Waals surface area contributed by atoms with E-state index in [2.05, 4.69) is 203 Å². The fraction of sp³-hybridized carbons (Fsp3) is 0.391. The summed E-state index contributed by atoms with van der Waals surface area (Å²) in [4.78, 5) is 5.89. The number of fused-ring (bicyclic) bond motifs is 15. The first kappa shape index (κ1) is 39.6. The van der Waals surface area contributed by atoms with Crippen molar-refractivity contribution in [3.8, 4) is 11.1 Å². The van der Waals surface area contributed by atoms with Crippen molar-refractivity contribution in [1.29, 1.82) is 0 Å². The van der Waals surface area contributed by atoms with E-state index < -0.39 is 0 Å². The Morgan fingerprint density at radius 2 is 1.50 bits per heavy atom. The van der Waals surface area contributed by atoms with E-state index in [1.807, 2.05) is 0 Å². The summed E-state index contributed by atoms with van der Waals surface area (Å²) in [6.07, 6.45) is 39.3. The molecule has 11 aliphatic rings. The first-order valence-corrected chi connectivity index (χ1v) is 25.7. The molecular formula is C64H64N2. The normalized spacial score (nSPS) is 34.6. The maximum Gasteiger partial charge on any atom is 0.0804 e. The van der Waals surface area contributed by atoms with Crippen LogP contribution in [0.1, 0.15) is 120 Å². The van der Waals surface area contributed by atoms with Crippen LogP contribution >= 0.6 is 0 Å². The van der Waals surface area contributed by atoms with Gasteiger partial charge >= 0.3 is 0 Å². The lowest BCUT2D eigenvalue weighted by molar-refractivity contribution is 0.158. The molecule has 0 aromatic heterocycles. The minimum Gasteiger partial charge on any atom is -0.354 e.